The monoisotopic (exact) mass is 445 g/mol. The summed E-state index contributed by atoms with van der Waals surface area (Å²) >= 11 is 5.95. The van der Waals surface area contributed by atoms with Crippen molar-refractivity contribution >= 4 is 40.6 Å². The van der Waals surface area contributed by atoms with Gasteiger partial charge in [-0.15, -0.1) is 0 Å². The van der Waals surface area contributed by atoms with Crippen LogP contribution in [0.1, 0.15) is 18.4 Å². The zero-order valence-corrected chi connectivity index (χ0v) is 15.9. The number of aromatic nitrogens is 2. The number of piperidine rings is 1. The number of aliphatic carboxylic acids is 1. The highest BCUT2D eigenvalue weighted by Crippen LogP contribution is 2.39. The molecule has 160 valence electrons. The Morgan fingerprint density at radius 2 is 1.97 bits per heavy atom. The fourth-order valence-electron chi connectivity index (χ4n) is 3.12. The minimum atomic E-state index is -4.63. The van der Waals surface area contributed by atoms with Gasteiger partial charge in [0.1, 0.15) is 6.33 Å². The van der Waals surface area contributed by atoms with Gasteiger partial charge >= 0.3 is 17.8 Å². The topological polar surface area (TPSA) is 121 Å². The van der Waals surface area contributed by atoms with Crippen LogP contribution in [0.2, 0.25) is 5.02 Å². The van der Waals surface area contributed by atoms with E-state index in [9.17, 15) is 28.1 Å². The third-order valence-corrected chi connectivity index (χ3v) is 5.01. The molecule has 30 heavy (non-hydrogen) atoms. The van der Waals surface area contributed by atoms with Gasteiger partial charge in [-0.3, -0.25) is 14.9 Å². The molecule has 1 aromatic heterocycles. The van der Waals surface area contributed by atoms with Crippen LogP contribution in [0.15, 0.2) is 24.5 Å². The van der Waals surface area contributed by atoms with Gasteiger partial charge in [0.2, 0.25) is 11.6 Å². The number of nitrogens with one attached hydrogen (secondary N) is 1. The number of alkyl halides is 3. The van der Waals surface area contributed by atoms with Crippen molar-refractivity contribution in [2.75, 3.05) is 23.3 Å². The third-order valence-electron chi connectivity index (χ3n) is 4.68. The summed E-state index contributed by atoms with van der Waals surface area (Å²) in [6.07, 6.45) is -3.04. The Bertz CT molecular complexity index is 980. The highest BCUT2D eigenvalue weighted by Gasteiger charge is 2.33. The number of carbonyl (C=O) groups is 1. The van der Waals surface area contributed by atoms with Crippen LogP contribution in [0.4, 0.5) is 36.2 Å². The molecule has 0 aliphatic carbocycles. The molecule has 3 rings (SSSR count). The van der Waals surface area contributed by atoms with Gasteiger partial charge in [0.15, 0.2) is 0 Å². The van der Waals surface area contributed by atoms with Gasteiger partial charge in [-0.25, -0.2) is 9.97 Å². The van der Waals surface area contributed by atoms with Crippen LogP contribution in [-0.4, -0.2) is 39.1 Å². The molecule has 13 heteroatoms. The number of rotatable bonds is 5. The quantitative estimate of drug-likeness (QED) is 0.521. The van der Waals surface area contributed by atoms with Gasteiger partial charge in [-0.05, 0) is 31.0 Å². The van der Waals surface area contributed by atoms with Crippen LogP contribution in [0.3, 0.4) is 0 Å². The molecular weight excluding hydrogens is 431 g/mol. The van der Waals surface area contributed by atoms with E-state index in [1.54, 1.807) is 4.90 Å². The highest BCUT2D eigenvalue weighted by molar-refractivity contribution is 6.33. The Morgan fingerprint density at radius 1 is 1.30 bits per heavy atom. The smallest absolute Gasteiger partial charge is 0.416 e. The summed E-state index contributed by atoms with van der Waals surface area (Å²) in [5.74, 6) is -1.87. The van der Waals surface area contributed by atoms with E-state index in [0.717, 1.165) is 24.5 Å². The average molecular weight is 446 g/mol. The molecule has 0 spiro atoms. The Morgan fingerprint density at radius 3 is 2.53 bits per heavy atom. The first-order chi connectivity index (χ1) is 14.1. The molecule has 1 aliphatic heterocycles. The van der Waals surface area contributed by atoms with E-state index in [1.165, 1.54) is 0 Å². The van der Waals surface area contributed by atoms with E-state index < -0.39 is 34.2 Å². The molecule has 1 aliphatic rings. The van der Waals surface area contributed by atoms with Crippen molar-refractivity contribution in [2.24, 2.45) is 5.92 Å². The number of hydrogen-bond acceptors (Lipinski definition) is 7. The second kappa shape index (κ2) is 8.30. The second-order valence-electron chi connectivity index (χ2n) is 6.57. The highest BCUT2D eigenvalue weighted by atomic mass is 35.5. The Kier molecular flexibility index (Phi) is 5.97. The summed E-state index contributed by atoms with van der Waals surface area (Å²) < 4.78 is 39.0. The maximum Gasteiger partial charge on any atom is 0.416 e. The van der Waals surface area contributed by atoms with Gasteiger partial charge < -0.3 is 15.3 Å². The first-order valence-electron chi connectivity index (χ1n) is 8.69. The van der Waals surface area contributed by atoms with Crippen molar-refractivity contribution in [3.8, 4) is 0 Å². The molecule has 0 unspecified atom stereocenters. The van der Waals surface area contributed by atoms with E-state index in [4.69, 9.17) is 16.7 Å². The number of carboxylic acids is 1. The number of carboxylic acid groups (broad SMARTS) is 1. The van der Waals surface area contributed by atoms with E-state index >= 15 is 0 Å². The van der Waals surface area contributed by atoms with Crippen molar-refractivity contribution < 1.29 is 28.0 Å². The summed E-state index contributed by atoms with van der Waals surface area (Å²) in [6, 6.07) is 2.55. The van der Waals surface area contributed by atoms with E-state index in [0.29, 0.717) is 0 Å². The molecule has 2 aromatic rings. The normalized spacial score (nSPS) is 15.1. The zero-order valence-electron chi connectivity index (χ0n) is 15.2. The van der Waals surface area contributed by atoms with Crippen molar-refractivity contribution in [3.05, 3.63) is 45.2 Å². The molecule has 1 fully saturated rings. The fourth-order valence-corrected chi connectivity index (χ4v) is 3.29. The molecule has 0 atom stereocenters. The minimum Gasteiger partial charge on any atom is -0.481 e. The predicted molar refractivity (Wildman–Crippen MR) is 101 cm³/mol. The minimum absolute atomic E-state index is 0.0514. The van der Waals surface area contributed by atoms with Crippen LogP contribution >= 0.6 is 11.6 Å². The first kappa shape index (κ1) is 21.6. The fraction of sp³-hybridized carbons (Fsp3) is 0.353. The van der Waals surface area contributed by atoms with E-state index in [-0.39, 0.29) is 48.3 Å². The summed E-state index contributed by atoms with van der Waals surface area (Å²) in [7, 11) is 0. The van der Waals surface area contributed by atoms with E-state index in [2.05, 4.69) is 15.3 Å². The number of nitrogens with zero attached hydrogens (tertiary/aromatic N) is 4. The molecule has 1 aromatic carbocycles. The van der Waals surface area contributed by atoms with Gasteiger partial charge in [0, 0.05) is 13.1 Å². The standard InChI is InChI=1S/C17H15ClF3N5O4/c18-11-2-1-10(17(19,20)21)7-12(11)24-14-13(26(29)30)15(23-8-22-14)25-5-3-9(4-6-25)16(27)28/h1-2,7-9H,3-6H2,(H,27,28)(H,22,23,24). The summed E-state index contributed by atoms with van der Waals surface area (Å²) in [6.45, 7) is 0.442. The van der Waals surface area contributed by atoms with Crippen molar-refractivity contribution in [2.45, 2.75) is 19.0 Å². The van der Waals surface area contributed by atoms with Crippen LogP contribution in [0, 0.1) is 16.0 Å². The van der Waals surface area contributed by atoms with Crippen molar-refractivity contribution in [1.29, 1.82) is 0 Å². The number of hydrogen-bond donors (Lipinski definition) is 2. The molecule has 0 amide bonds. The largest absolute Gasteiger partial charge is 0.481 e. The molecule has 0 radical (unpaired) electrons. The van der Waals surface area contributed by atoms with Crippen LogP contribution in [0.5, 0.6) is 0 Å². The van der Waals surface area contributed by atoms with E-state index in [1.807, 2.05) is 0 Å². The van der Waals surface area contributed by atoms with Crippen LogP contribution in [0.25, 0.3) is 0 Å². The summed E-state index contributed by atoms with van der Waals surface area (Å²) in [5, 5.41) is 23.2. The van der Waals surface area contributed by atoms with Gasteiger partial charge in [0.05, 0.1) is 27.1 Å². The maximum atomic E-state index is 13.0. The van der Waals surface area contributed by atoms with Gasteiger partial charge in [0.25, 0.3) is 0 Å². The molecule has 0 bridgehead atoms. The number of anilines is 3. The summed E-state index contributed by atoms with van der Waals surface area (Å²) in [5.41, 5.74) is -1.73. The molecular formula is C17H15ClF3N5O4. The SMILES string of the molecule is O=C(O)C1CCN(c2ncnc(Nc3cc(C(F)(F)F)ccc3Cl)c2[N+](=O)[O-])CC1. The average Bonchev–Trinajstić information content (AvgIpc) is 2.68. The number of benzene rings is 1. The Balaban J connectivity index is 1.95. The lowest BCUT2D eigenvalue weighted by atomic mass is 9.97. The van der Waals surface area contributed by atoms with Gasteiger partial charge in [-0.1, -0.05) is 11.6 Å². The Hall–Kier alpha value is -3.15. The van der Waals surface area contributed by atoms with Gasteiger partial charge in [-0.2, -0.15) is 13.2 Å². The van der Waals surface area contributed by atoms with Crippen molar-refractivity contribution in [1.82, 2.24) is 9.97 Å². The lowest BCUT2D eigenvalue weighted by Crippen LogP contribution is -2.37. The lowest BCUT2D eigenvalue weighted by molar-refractivity contribution is -0.383. The maximum absolute atomic E-state index is 13.0. The second-order valence-corrected chi connectivity index (χ2v) is 6.98. The molecule has 1 saturated heterocycles. The number of halogens is 4. The molecule has 0 saturated carbocycles. The first-order valence-corrected chi connectivity index (χ1v) is 9.06. The third kappa shape index (κ3) is 4.53. The Labute approximate surface area is 172 Å². The summed E-state index contributed by atoms with van der Waals surface area (Å²) in [4.78, 5) is 31.4. The predicted octanol–water partition coefficient (Wildman–Crippen LogP) is 4.10. The molecule has 2 N–H and O–H groups in total. The lowest BCUT2D eigenvalue weighted by Gasteiger charge is -2.30. The molecule has 2 heterocycles. The van der Waals surface area contributed by atoms with Crippen LogP contribution < -0.4 is 10.2 Å². The number of nitro groups is 1. The zero-order chi connectivity index (χ0) is 22.1. The molecule has 9 nitrogen and oxygen atoms in total. The van der Waals surface area contributed by atoms with Crippen LogP contribution in [-0.2, 0) is 11.0 Å². The van der Waals surface area contributed by atoms with Crippen molar-refractivity contribution in [3.63, 3.8) is 0 Å².